The molecule has 0 spiro atoms. The van der Waals surface area contributed by atoms with Gasteiger partial charge in [0, 0.05) is 33.5 Å². The van der Waals surface area contributed by atoms with Crippen molar-refractivity contribution in [1.82, 2.24) is 9.71 Å². The van der Waals surface area contributed by atoms with E-state index in [1.54, 1.807) is 31.2 Å². The normalized spacial score (nSPS) is 10.9. The van der Waals surface area contributed by atoms with Crippen molar-refractivity contribution in [3.8, 4) is 34.6 Å². The quantitative estimate of drug-likeness (QED) is 0.514. The van der Waals surface area contributed by atoms with E-state index in [1.165, 1.54) is 25.4 Å². The zero-order valence-electron chi connectivity index (χ0n) is 17.6. The second-order valence-electron chi connectivity index (χ2n) is 6.89. The number of carbonyl (C=O) groups is 1. The Balaban J connectivity index is 1.99. The molecule has 0 aliphatic rings. The maximum atomic E-state index is 12.1. The first-order chi connectivity index (χ1) is 15.5. The summed E-state index contributed by atoms with van der Waals surface area (Å²) in [7, 11) is -2.32. The van der Waals surface area contributed by atoms with Crippen molar-refractivity contribution in [1.29, 1.82) is 5.26 Å². The fraction of sp³-hybridized carbons (Fsp3) is 0.136. The number of pyridine rings is 1. The monoisotopic (exact) mass is 505 g/mol. The van der Waals surface area contributed by atoms with E-state index in [-0.39, 0.29) is 22.8 Å². The van der Waals surface area contributed by atoms with Gasteiger partial charge in [-0.2, -0.15) is 5.26 Å². The number of nitriles is 1. The largest absolute Gasteiger partial charge is 0.496 e. The molecule has 0 saturated carbocycles. The van der Waals surface area contributed by atoms with Crippen LogP contribution in [0.15, 0.2) is 42.6 Å². The van der Waals surface area contributed by atoms with Gasteiger partial charge < -0.3 is 9.47 Å². The van der Waals surface area contributed by atoms with Crippen molar-refractivity contribution in [3.63, 3.8) is 0 Å². The minimum Gasteiger partial charge on any atom is -0.496 e. The molecule has 2 aromatic carbocycles. The molecule has 0 fully saturated rings. The van der Waals surface area contributed by atoms with E-state index in [9.17, 15) is 18.5 Å². The number of hydrogen-bond donors (Lipinski definition) is 1. The lowest BCUT2D eigenvalue weighted by molar-refractivity contribution is 0.0981. The Morgan fingerprint density at radius 3 is 2.48 bits per heavy atom. The van der Waals surface area contributed by atoms with E-state index in [1.807, 2.05) is 10.8 Å². The molecule has 0 atom stereocenters. The topological polar surface area (TPSA) is 118 Å². The van der Waals surface area contributed by atoms with Crippen LogP contribution in [0.5, 0.6) is 17.4 Å². The summed E-state index contributed by atoms with van der Waals surface area (Å²) in [6.45, 7) is 1.73. The maximum absolute atomic E-state index is 12.1. The summed E-state index contributed by atoms with van der Waals surface area (Å²) in [6, 6.07) is 11.2. The molecular formula is C22H17Cl2N3O5S. The van der Waals surface area contributed by atoms with E-state index in [2.05, 4.69) is 4.98 Å². The fourth-order valence-corrected chi connectivity index (χ4v) is 3.76. The molecule has 0 radical (unpaired) electrons. The highest BCUT2D eigenvalue weighted by atomic mass is 35.5. The van der Waals surface area contributed by atoms with Crippen LogP contribution in [0.2, 0.25) is 10.0 Å². The number of methoxy groups -OCH3 is 1. The number of ether oxygens (including phenoxy) is 2. The van der Waals surface area contributed by atoms with Gasteiger partial charge in [-0.3, -0.25) is 4.79 Å². The molecule has 0 aliphatic heterocycles. The fourth-order valence-electron chi connectivity index (χ4n) is 2.92. The molecule has 1 N–H and O–H groups in total. The third kappa shape index (κ3) is 5.54. The third-order valence-corrected chi connectivity index (χ3v) is 5.78. The average Bonchev–Trinajstić information content (AvgIpc) is 2.77. The van der Waals surface area contributed by atoms with Crippen LogP contribution in [0.3, 0.4) is 0 Å². The lowest BCUT2D eigenvalue weighted by Crippen LogP contribution is -2.29. The van der Waals surface area contributed by atoms with Crippen LogP contribution in [0.1, 0.15) is 21.5 Å². The number of carbonyl (C=O) groups excluding carboxylic acids is 1. The lowest BCUT2D eigenvalue weighted by atomic mass is 10.0. The Morgan fingerprint density at radius 2 is 1.85 bits per heavy atom. The molecule has 1 heterocycles. The number of benzene rings is 2. The number of sulfonamides is 1. The van der Waals surface area contributed by atoms with Crippen LogP contribution < -0.4 is 14.2 Å². The number of aromatic nitrogens is 1. The molecule has 3 rings (SSSR count). The second-order valence-corrected chi connectivity index (χ2v) is 9.46. The van der Waals surface area contributed by atoms with Crippen LogP contribution >= 0.6 is 23.2 Å². The van der Waals surface area contributed by atoms with Crippen molar-refractivity contribution in [2.75, 3.05) is 13.4 Å². The first-order valence-electron chi connectivity index (χ1n) is 9.27. The molecular weight excluding hydrogens is 489 g/mol. The highest BCUT2D eigenvalue weighted by Gasteiger charge is 2.18. The molecule has 33 heavy (non-hydrogen) atoms. The number of nitrogens with one attached hydrogen (secondary N) is 1. The van der Waals surface area contributed by atoms with Crippen molar-refractivity contribution in [3.05, 3.63) is 69.3 Å². The zero-order chi connectivity index (χ0) is 24.3. The predicted molar refractivity (Wildman–Crippen MR) is 125 cm³/mol. The van der Waals surface area contributed by atoms with Crippen molar-refractivity contribution in [2.24, 2.45) is 0 Å². The Morgan fingerprint density at radius 1 is 1.15 bits per heavy atom. The summed E-state index contributed by atoms with van der Waals surface area (Å²) >= 11 is 12.3. The molecule has 0 unspecified atom stereocenters. The number of rotatable bonds is 6. The van der Waals surface area contributed by atoms with E-state index in [0.29, 0.717) is 32.5 Å². The predicted octanol–water partition coefficient (Wildman–Crippen LogP) is 4.73. The van der Waals surface area contributed by atoms with Gasteiger partial charge in [0.05, 0.1) is 18.4 Å². The van der Waals surface area contributed by atoms with Gasteiger partial charge in [-0.15, -0.1) is 0 Å². The molecule has 1 aromatic heterocycles. The van der Waals surface area contributed by atoms with Crippen molar-refractivity contribution < 1.29 is 22.7 Å². The lowest BCUT2D eigenvalue weighted by Gasteiger charge is -2.14. The Labute approximate surface area is 200 Å². The van der Waals surface area contributed by atoms with Crippen molar-refractivity contribution in [2.45, 2.75) is 6.92 Å². The van der Waals surface area contributed by atoms with Crippen LogP contribution in [0.25, 0.3) is 11.1 Å². The smallest absolute Gasteiger partial charge is 0.264 e. The van der Waals surface area contributed by atoms with Gasteiger partial charge in [0.1, 0.15) is 17.4 Å². The summed E-state index contributed by atoms with van der Waals surface area (Å²) < 4.78 is 35.7. The summed E-state index contributed by atoms with van der Waals surface area (Å²) in [5.74, 6) is -0.184. The minimum absolute atomic E-state index is 0.0385. The Bertz CT molecular complexity index is 1400. The highest BCUT2D eigenvalue weighted by Crippen LogP contribution is 2.38. The number of halogens is 2. The van der Waals surface area contributed by atoms with E-state index < -0.39 is 15.9 Å². The maximum Gasteiger partial charge on any atom is 0.264 e. The molecule has 8 nitrogen and oxygen atoms in total. The van der Waals surface area contributed by atoms with Gasteiger partial charge in [0.15, 0.2) is 5.75 Å². The molecule has 0 saturated heterocycles. The average molecular weight is 506 g/mol. The first-order valence-corrected chi connectivity index (χ1v) is 11.9. The summed E-state index contributed by atoms with van der Waals surface area (Å²) in [4.78, 5) is 16.4. The molecule has 1 amide bonds. The summed E-state index contributed by atoms with van der Waals surface area (Å²) in [5, 5.41) is 10.4. The van der Waals surface area contributed by atoms with E-state index in [4.69, 9.17) is 32.7 Å². The highest BCUT2D eigenvalue weighted by molar-refractivity contribution is 7.89. The molecule has 3 aromatic rings. The number of hydrogen-bond acceptors (Lipinski definition) is 7. The van der Waals surface area contributed by atoms with Gasteiger partial charge >= 0.3 is 0 Å². The van der Waals surface area contributed by atoms with Gasteiger partial charge in [0.25, 0.3) is 5.91 Å². The van der Waals surface area contributed by atoms with Crippen LogP contribution in [0.4, 0.5) is 0 Å². The third-order valence-electron chi connectivity index (χ3n) is 4.51. The van der Waals surface area contributed by atoms with Gasteiger partial charge in [0.2, 0.25) is 15.9 Å². The summed E-state index contributed by atoms with van der Waals surface area (Å²) in [5.41, 5.74) is 1.86. The van der Waals surface area contributed by atoms with Crippen LogP contribution in [-0.4, -0.2) is 32.7 Å². The molecule has 170 valence electrons. The number of nitrogens with zero attached hydrogens (tertiary/aromatic N) is 2. The van der Waals surface area contributed by atoms with Gasteiger partial charge in [-0.25, -0.2) is 18.1 Å². The van der Waals surface area contributed by atoms with Crippen molar-refractivity contribution >= 4 is 39.1 Å². The van der Waals surface area contributed by atoms with Gasteiger partial charge in [-0.05, 0) is 43.3 Å². The Hall–Kier alpha value is -3.32. The first kappa shape index (κ1) is 24.3. The minimum atomic E-state index is -3.72. The van der Waals surface area contributed by atoms with Gasteiger partial charge in [-0.1, -0.05) is 23.2 Å². The number of amides is 1. The van der Waals surface area contributed by atoms with E-state index >= 15 is 0 Å². The van der Waals surface area contributed by atoms with E-state index in [0.717, 1.165) is 6.26 Å². The molecule has 0 aliphatic carbocycles. The second kappa shape index (κ2) is 9.67. The SMILES string of the molecule is COc1cc(C(=O)NS(C)(=O)=O)ccc1-c1cnc(Oc2c(Cl)ccc(Cl)c2C)c(C#N)c1. The van der Waals surface area contributed by atoms with Crippen LogP contribution in [0, 0.1) is 18.3 Å². The standard InChI is InChI=1S/C22H17Cl2N3O5S/c1-12-17(23)6-7-18(24)20(12)32-22-14(10-25)8-15(11-26-22)16-5-4-13(9-19(16)31-2)21(28)27-33(3,29)30/h4-9,11H,1-3H3,(H,27,28). The summed E-state index contributed by atoms with van der Waals surface area (Å²) in [6.07, 6.45) is 2.35. The zero-order valence-corrected chi connectivity index (χ0v) is 20.0. The molecule has 0 bridgehead atoms. The Kier molecular flexibility index (Phi) is 7.12. The molecule has 11 heteroatoms. The van der Waals surface area contributed by atoms with Crippen LogP contribution in [-0.2, 0) is 10.0 Å².